The maximum absolute atomic E-state index is 10.8. The third kappa shape index (κ3) is 4.50. The van der Waals surface area contributed by atoms with E-state index in [-0.39, 0.29) is 31.6 Å². The topological polar surface area (TPSA) is 130 Å². The SMILES string of the molecule is CC(CO)(CO)COc1ccc2c(c1)ncn2-c1nc2c(N3CCC(N)CC3)cccc2cc1O. The predicted octanol–water partition coefficient (Wildman–Crippen LogP) is 2.58. The molecule has 0 aliphatic carbocycles. The van der Waals surface area contributed by atoms with E-state index < -0.39 is 5.41 Å². The van der Waals surface area contributed by atoms with E-state index >= 15 is 0 Å². The van der Waals surface area contributed by atoms with Crippen LogP contribution in [0.1, 0.15) is 19.8 Å². The number of aliphatic hydroxyl groups is 2. The van der Waals surface area contributed by atoms with Gasteiger partial charge in [0.15, 0.2) is 11.6 Å². The molecule has 0 saturated carbocycles. The summed E-state index contributed by atoms with van der Waals surface area (Å²) in [6, 6.07) is 13.4. The normalized spacial score (nSPS) is 15.3. The third-order valence-corrected chi connectivity index (χ3v) is 6.76. The molecular weight excluding hydrogens is 446 g/mol. The lowest BCUT2D eigenvalue weighted by atomic mass is 9.94. The largest absolute Gasteiger partial charge is 0.504 e. The lowest BCUT2D eigenvalue weighted by Crippen LogP contribution is -2.39. The first-order chi connectivity index (χ1) is 16.9. The van der Waals surface area contributed by atoms with E-state index in [1.807, 2.05) is 18.2 Å². The van der Waals surface area contributed by atoms with Crippen LogP contribution in [0.25, 0.3) is 27.8 Å². The number of ether oxygens (including phenoxy) is 1. The fraction of sp³-hybridized carbons (Fsp3) is 0.385. The van der Waals surface area contributed by atoms with Gasteiger partial charge >= 0.3 is 0 Å². The smallest absolute Gasteiger partial charge is 0.181 e. The Labute approximate surface area is 203 Å². The summed E-state index contributed by atoms with van der Waals surface area (Å²) in [6.45, 7) is 3.31. The highest BCUT2D eigenvalue weighted by atomic mass is 16.5. The number of nitrogens with two attached hydrogens (primary N) is 1. The molecule has 5 N–H and O–H groups in total. The molecule has 0 spiro atoms. The average molecular weight is 478 g/mol. The second-order valence-corrected chi connectivity index (χ2v) is 9.69. The summed E-state index contributed by atoms with van der Waals surface area (Å²) >= 11 is 0. The van der Waals surface area contributed by atoms with E-state index in [0.29, 0.717) is 17.1 Å². The average Bonchev–Trinajstić information content (AvgIpc) is 3.30. The van der Waals surface area contributed by atoms with Gasteiger partial charge in [-0.25, -0.2) is 9.97 Å². The lowest BCUT2D eigenvalue weighted by Gasteiger charge is -2.32. The predicted molar refractivity (Wildman–Crippen MR) is 135 cm³/mol. The lowest BCUT2D eigenvalue weighted by molar-refractivity contribution is 0.0287. The highest BCUT2D eigenvalue weighted by Crippen LogP contribution is 2.34. The van der Waals surface area contributed by atoms with Gasteiger partial charge in [0.05, 0.1) is 42.1 Å². The van der Waals surface area contributed by atoms with Crippen LogP contribution in [0.15, 0.2) is 48.8 Å². The number of rotatable bonds is 7. The Bertz CT molecular complexity index is 1340. The molecule has 0 bridgehead atoms. The Balaban J connectivity index is 1.50. The van der Waals surface area contributed by atoms with E-state index in [4.69, 9.17) is 15.5 Å². The fourth-order valence-electron chi connectivity index (χ4n) is 4.38. The van der Waals surface area contributed by atoms with Crippen molar-refractivity contribution < 1.29 is 20.1 Å². The number of fused-ring (bicyclic) bond motifs is 2. The molecule has 0 atom stereocenters. The molecule has 3 heterocycles. The zero-order valence-corrected chi connectivity index (χ0v) is 19.8. The van der Waals surface area contributed by atoms with Crippen LogP contribution in [-0.4, -0.2) is 68.8 Å². The Morgan fingerprint density at radius 2 is 1.89 bits per heavy atom. The van der Waals surface area contributed by atoms with Crippen LogP contribution < -0.4 is 15.4 Å². The first-order valence-corrected chi connectivity index (χ1v) is 11.9. The number of aromatic nitrogens is 3. The summed E-state index contributed by atoms with van der Waals surface area (Å²) in [5.74, 6) is 1.05. The van der Waals surface area contributed by atoms with Crippen LogP contribution in [-0.2, 0) is 0 Å². The number of benzene rings is 2. The Hall–Kier alpha value is -3.40. The number of nitrogens with zero attached hydrogens (tertiary/aromatic N) is 4. The van der Waals surface area contributed by atoms with Crippen LogP contribution in [0.4, 0.5) is 5.69 Å². The molecule has 0 amide bonds. The van der Waals surface area contributed by atoms with Gasteiger partial charge < -0.3 is 30.7 Å². The summed E-state index contributed by atoms with van der Waals surface area (Å²) in [7, 11) is 0. The van der Waals surface area contributed by atoms with Crippen molar-refractivity contribution in [3.05, 3.63) is 48.8 Å². The molecule has 9 heteroatoms. The van der Waals surface area contributed by atoms with E-state index in [1.165, 1.54) is 0 Å². The monoisotopic (exact) mass is 477 g/mol. The summed E-state index contributed by atoms with van der Waals surface area (Å²) in [5.41, 5.74) is 8.67. The number of anilines is 1. The quantitative estimate of drug-likeness (QED) is 0.320. The van der Waals surface area contributed by atoms with Crippen LogP contribution in [0.5, 0.6) is 11.5 Å². The van der Waals surface area contributed by atoms with E-state index in [0.717, 1.165) is 48.0 Å². The highest BCUT2D eigenvalue weighted by Gasteiger charge is 2.24. The molecule has 0 radical (unpaired) electrons. The maximum atomic E-state index is 10.8. The molecular formula is C26H31N5O4. The minimum Gasteiger partial charge on any atom is -0.504 e. The first-order valence-electron chi connectivity index (χ1n) is 11.9. The number of aromatic hydroxyl groups is 1. The summed E-state index contributed by atoms with van der Waals surface area (Å²) in [5, 5.41) is 30.7. The molecule has 0 unspecified atom stereocenters. The number of piperidine rings is 1. The van der Waals surface area contributed by atoms with Crippen molar-refractivity contribution in [1.29, 1.82) is 0 Å². The van der Waals surface area contributed by atoms with E-state index in [2.05, 4.69) is 16.0 Å². The number of imidazole rings is 1. The first kappa shape index (κ1) is 23.3. The van der Waals surface area contributed by atoms with Crippen molar-refractivity contribution in [2.24, 2.45) is 11.1 Å². The van der Waals surface area contributed by atoms with E-state index in [9.17, 15) is 15.3 Å². The van der Waals surface area contributed by atoms with E-state index in [1.54, 1.807) is 36.0 Å². The Kier molecular flexibility index (Phi) is 6.22. The number of aliphatic hydroxyl groups excluding tert-OH is 2. The van der Waals surface area contributed by atoms with Gasteiger partial charge in [-0.15, -0.1) is 0 Å². The molecule has 1 fully saturated rings. The number of hydrogen-bond acceptors (Lipinski definition) is 8. The second-order valence-electron chi connectivity index (χ2n) is 9.69. The number of para-hydroxylation sites is 1. The van der Waals surface area contributed by atoms with Crippen molar-refractivity contribution in [3.8, 4) is 17.3 Å². The van der Waals surface area contributed by atoms with Gasteiger partial charge in [-0.2, -0.15) is 0 Å². The van der Waals surface area contributed by atoms with Crippen LogP contribution in [0.2, 0.25) is 0 Å². The van der Waals surface area contributed by atoms with Gasteiger partial charge in [0, 0.05) is 36.0 Å². The molecule has 2 aromatic heterocycles. The zero-order valence-electron chi connectivity index (χ0n) is 19.8. The molecule has 9 nitrogen and oxygen atoms in total. The van der Waals surface area contributed by atoms with Crippen LogP contribution >= 0.6 is 0 Å². The Morgan fingerprint density at radius 1 is 1.11 bits per heavy atom. The molecule has 1 aliphatic heterocycles. The van der Waals surface area contributed by atoms with Crippen LogP contribution in [0, 0.1) is 5.41 Å². The van der Waals surface area contributed by atoms with Gasteiger partial charge in [0.2, 0.25) is 0 Å². The third-order valence-electron chi connectivity index (χ3n) is 6.76. The van der Waals surface area contributed by atoms with Crippen LogP contribution in [0.3, 0.4) is 0 Å². The minimum absolute atomic E-state index is 0.0663. The number of hydrogen-bond donors (Lipinski definition) is 4. The van der Waals surface area contributed by atoms with Gasteiger partial charge in [0.25, 0.3) is 0 Å². The van der Waals surface area contributed by atoms with Crippen molar-refractivity contribution in [1.82, 2.24) is 14.5 Å². The van der Waals surface area contributed by atoms with Gasteiger partial charge in [-0.05, 0) is 37.1 Å². The molecule has 2 aromatic carbocycles. The molecule has 4 aromatic rings. The van der Waals surface area contributed by atoms with Crippen molar-refractivity contribution in [2.45, 2.75) is 25.8 Å². The van der Waals surface area contributed by atoms with Gasteiger partial charge in [0.1, 0.15) is 12.1 Å². The summed E-state index contributed by atoms with van der Waals surface area (Å²) < 4.78 is 7.57. The molecule has 184 valence electrons. The number of pyridine rings is 1. The Morgan fingerprint density at radius 3 is 2.63 bits per heavy atom. The molecule has 1 aliphatic rings. The van der Waals surface area contributed by atoms with Gasteiger partial charge in [-0.3, -0.25) is 4.57 Å². The van der Waals surface area contributed by atoms with Crippen molar-refractivity contribution >= 4 is 27.6 Å². The summed E-state index contributed by atoms with van der Waals surface area (Å²) in [6.07, 6.45) is 3.51. The molecule has 35 heavy (non-hydrogen) atoms. The molecule has 1 saturated heterocycles. The standard InChI is InChI=1S/C26H31N5O4/c1-26(13-32,14-33)15-35-19-5-6-21-20(12-19)28-16-31(21)25-23(34)11-17-3-2-4-22(24(17)29-25)30-9-7-18(27)8-10-30/h2-6,11-12,16,18,32-34H,7-10,13-15,27H2,1H3. The van der Waals surface area contributed by atoms with Gasteiger partial charge in [-0.1, -0.05) is 19.1 Å². The minimum atomic E-state index is -0.730. The highest BCUT2D eigenvalue weighted by molar-refractivity contribution is 5.93. The zero-order chi connectivity index (χ0) is 24.6. The second kappa shape index (κ2) is 9.33. The fourth-order valence-corrected chi connectivity index (χ4v) is 4.38. The summed E-state index contributed by atoms with van der Waals surface area (Å²) in [4.78, 5) is 11.7. The maximum Gasteiger partial charge on any atom is 0.181 e. The molecule has 5 rings (SSSR count). The van der Waals surface area contributed by atoms with Crippen molar-refractivity contribution in [2.75, 3.05) is 37.8 Å². The van der Waals surface area contributed by atoms with Crippen molar-refractivity contribution in [3.63, 3.8) is 0 Å².